The monoisotopic (exact) mass is 365 g/mol. The molecule has 4 rings (SSSR count). The number of rotatable bonds is 5. The van der Waals surface area contributed by atoms with Gasteiger partial charge in [0.15, 0.2) is 0 Å². The van der Waals surface area contributed by atoms with Crippen molar-refractivity contribution in [2.24, 2.45) is 0 Å². The Labute approximate surface area is 159 Å². The summed E-state index contributed by atoms with van der Waals surface area (Å²) in [4.78, 5) is 6.51. The average Bonchev–Trinajstić information content (AvgIpc) is 2.95. The third-order valence-corrected chi connectivity index (χ3v) is 5.66. The first-order valence-corrected chi connectivity index (χ1v) is 9.55. The van der Waals surface area contributed by atoms with Crippen LogP contribution in [-0.4, -0.2) is 44.9 Å². The summed E-state index contributed by atoms with van der Waals surface area (Å²) in [6.07, 6.45) is 5.11. The first-order chi connectivity index (χ1) is 13.0. The van der Waals surface area contributed by atoms with Gasteiger partial charge in [-0.2, -0.15) is 0 Å². The van der Waals surface area contributed by atoms with E-state index in [0.29, 0.717) is 13.0 Å². The van der Waals surface area contributed by atoms with Gasteiger partial charge < -0.3 is 19.7 Å². The van der Waals surface area contributed by atoms with Crippen LogP contribution < -0.4 is 0 Å². The van der Waals surface area contributed by atoms with E-state index in [1.807, 2.05) is 19.1 Å². The van der Waals surface area contributed by atoms with Crippen molar-refractivity contribution in [2.75, 3.05) is 20.2 Å². The number of benzene rings is 1. The number of aliphatic hydroxyl groups excluding tert-OH is 1. The number of aromatic nitrogens is 2. The minimum atomic E-state index is -0.999. The molecule has 142 valence electrons. The fourth-order valence-corrected chi connectivity index (χ4v) is 4.18. The summed E-state index contributed by atoms with van der Waals surface area (Å²) in [5.74, 6) is 0. The summed E-state index contributed by atoms with van der Waals surface area (Å²) >= 11 is 0. The van der Waals surface area contributed by atoms with Crippen LogP contribution >= 0.6 is 0 Å². The summed E-state index contributed by atoms with van der Waals surface area (Å²) in [7, 11) is 2.15. The summed E-state index contributed by atoms with van der Waals surface area (Å²) < 4.78 is 2.29. The van der Waals surface area contributed by atoms with E-state index in [0.717, 1.165) is 36.2 Å². The molecule has 0 unspecified atom stereocenters. The molecule has 0 saturated heterocycles. The average molecular weight is 365 g/mol. The van der Waals surface area contributed by atoms with Crippen LogP contribution in [0.3, 0.4) is 0 Å². The Morgan fingerprint density at radius 1 is 1.26 bits per heavy atom. The fourth-order valence-electron chi connectivity index (χ4n) is 4.18. The van der Waals surface area contributed by atoms with E-state index in [9.17, 15) is 10.2 Å². The summed E-state index contributed by atoms with van der Waals surface area (Å²) in [5.41, 5.74) is 4.79. The Kier molecular flexibility index (Phi) is 4.76. The molecule has 0 saturated carbocycles. The maximum atomic E-state index is 11.2. The van der Waals surface area contributed by atoms with E-state index in [1.54, 1.807) is 12.4 Å². The van der Waals surface area contributed by atoms with Crippen LogP contribution in [0.15, 0.2) is 42.7 Å². The zero-order chi connectivity index (χ0) is 19.0. The lowest BCUT2D eigenvalue weighted by atomic mass is 9.97. The maximum Gasteiger partial charge on any atom is 0.106 e. The molecular weight excluding hydrogens is 338 g/mol. The van der Waals surface area contributed by atoms with Crippen molar-refractivity contribution in [1.82, 2.24) is 14.5 Å². The van der Waals surface area contributed by atoms with Crippen molar-refractivity contribution >= 4 is 10.9 Å². The highest BCUT2D eigenvalue weighted by Crippen LogP contribution is 2.34. The fraction of sp³-hybridized carbons (Fsp3) is 0.409. The topological polar surface area (TPSA) is 61.5 Å². The van der Waals surface area contributed by atoms with Crippen LogP contribution in [0.25, 0.3) is 10.9 Å². The largest absolute Gasteiger partial charge is 0.396 e. The first-order valence-electron chi connectivity index (χ1n) is 9.55. The predicted octanol–water partition coefficient (Wildman–Crippen LogP) is 2.47. The standard InChI is InChI=1S/C22H27N3O2/c1-22(27,17-4-3-9-23-13-17)15-25-20-6-5-16(8-11-26)12-18(20)19-14-24(2)10-7-21(19)25/h3-6,9,12-13,26-27H,7-8,10-11,14-15H2,1-2H3/t22-/m1/s1. The van der Waals surface area contributed by atoms with Crippen LogP contribution in [0, 0.1) is 0 Å². The second kappa shape index (κ2) is 7.08. The molecule has 2 aromatic heterocycles. The normalized spacial score (nSPS) is 17.0. The Bertz CT molecular complexity index is 947. The molecule has 0 radical (unpaired) electrons. The lowest BCUT2D eigenvalue weighted by Crippen LogP contribution is -2.31. The summed E-state index contributed by atoms with van der Waals surface area (Å²) in [6, 6.07) is 10.2. The number of fused-ring (bicyclic) bond motifs is 3. The van der Waals surface area contributed by atoms with Crippen molar-refractivity contribution < 1.29 is 10.2 Å². The maximum absolute atomic E-state index is 11.2. The van der Waals surface area contributed by atoms with Gasteiger partial charge in [0, 0.05) is 60.7 Å². The van der Waals surface area contributed by atoms with E-state index in [2.05, 4.69) is 39.7 Å². The molecule has 1 aliphatic rings. The Morgan fingerprint density at radius 2 is 2.11 bits per heavy atom. The van der Waals surface area contributed by atoms with Gasteiger partial charge >= 0.3 is 0 Å². The van der Waals surface area contributed by atoms with Gasteiger partial charge in [-0.05, 0) is 49.7 Å². The number of pyridine rings is 1. The van der Waals surface area contributed by atoms with E-state index < -0.39 is 5.60 Å². The van der Waals surface area contributed by atoms with Gasteiger partial charge in [0.1, 0.15) is 5.60 Å². The minimum absolute atomic E-state index is 0.157. The molecule has 0 bridgehead atoms. The van der Waals surface area contributed by atoms with Gasteiger partial charge in [0.2, 0.25) is 0 Å². The Morgan fingerprint density at radius 3 is 2.85 bits per heavy atom. The van der Waals surface area contributed by atoms with E-state index >= 15 is 0 Å². The first kappa shape index (κ1) is 18.2. The van der Waals surface area contributed by atoms with E-state index in [1.165, 1.54) is 16.6 Å². The molecule has 3 heterocycles. The number of aliphatic hydroxyl groups is 2. The molecule has 5 heteroatoms. The number of likely N-dealkylation sites (N-methyl/N-ethyl adjacent to an activating group) is 1. The molecule has 1 aliphatic heterocycles. The highest BCUT2D eigenvalue weighted by molar-refractivity contribution is 5.86. The van der Waals surface area contributed by atoms with Gasteiger partial charge in [-0.1, -0.05) is 12.1 Å². The van der Waals surface area contributed by atoms with Gasteiger partial charge in [-0.25, -0.2) is 0 Å². The second-order valence-corrected chi connectivity index (χ2v) is 7.84. The Hall–Kier alpha value is -2.21. The van der Waals surface area contributed by atoms with Crippen LogP contribution in [0.4, 0.5) is 0 Å². The zero-order valence-corrected chi connectivity index (χ0v) is 16.0. The van der Waals surface area contributed by atoms with Crippen molar-refractivity contribution in [2.45, 2.75) is 38.5 Å². The van der Waals surface area contributed by atoms with E-state index in [4.69, 9.17) is 0 Å². The van der Waals surface area contributed by atoms with Gasteiger partial charge in [-0.15, -0.1) is 0 Å². The molecule has 0 fully saturated rings. The third-order valence-electron chi connectivity index (χ3n) is 5.66. The SMILES string of the molecule is CN1CCc2c(c3cc(CCO)ccc3n2C[C@@](C)(O)c2cccnc2)C1. The molecular formula is C22H27N3O2. The molecule has 0 spiro atoms. The number of nitrogens with zero attached hydrogens (tertiary/aromatic N) is 3. The highest BCUT2D eigenvalue weighted by atomic mass is 16.3. The lowest BCUT2D eigenvalue weighted by molar-refractivity contribution is 0.0381. The molecule has 2 N–H and O–H groups in total. The quantitative estimate of drug-likeness (QED) is 0.729. The lowest BCUT2D eigenvalue weighted by Gasteiger charge is -2.28. The van der Waals surface area contributed by atoms with E-state index in [-0.39, 0.29) is 6.61 Å². The molecule has 0 aliphatic carbocycles. The Balaban J connectivity index is 1.82. The van der Waals surface area contributed by atoms with Gasteiger partial charge in [0.05, 0.1) is 6.54 Å². The van der Waals surface area contributed by atoms with Crippen molar-refractivity contribution in [1.29, 1.82) is 0 Å². The van der Waals surface area contributed by atoms with Crippen LogP contribution in [0.2, 0.25) is 0 Å². The highest BCUT2D eigenvalue weighted by Gasteiger charge is 2.29. The second-order valence-electron chi connectivity index (χ2n) is 7.84. The molecule has 0 amide bonds. The number of hydrogen-bond acceptors (Lipinski definition) is 4. The summed E-state index contributed by atoms with van der Waals surface area (Å²) in [6.45, 7) is 4.44. The smallest absolute Gasteiger partial charge is 0.106 e. The molecule has 1 atom stereocenters. The van der Waals surface area contributed by atoms with Gasteiger partial charge in [0.25, 0.3) is 0 Å². The van der Waals surface area contributed by atoms with Crippen molar-refractivity contribution in [3.63, 3.8) is 0 Å². The molecule has 5 nitrogen and oxygen atoms in total. The van der Waals surface area contributed by atoms with Crippen LogP contribution in [-0.2, 0) is 31.5 Å². The zero-order valence-electron chi connectivity index (χ0n) is 16.0. The third kappa shape index (κ3) is 3.38. The van der Waals surface area contributed by atoms with Gasteiger partial charge in [-0.3, -0.25) is 4.98 Å². The van der Waals surface area contributed by atoms with Crippen LogP contribution in [0.1, 0.15) is 29.3 Å². The predicted molar refractivity (Wildman–Crippen MR) is 107 cm³/mol. The van der Waals surface area contributed by atoms with Crippen LogP contribution in [0.5, 0.6) is 0 Å². The summed E-state index contributed by atoms with van der Waals surface area (Å²) in [5, 5.41) is 21.7. The molecule has 27 heavy (non-hydrogen) atoms. The minimum Gasteiger partial charge on any atom is -0.396 e. The van der Waals surface area contributed by atoms with Crippen molar-refractivity contribution in [3.8, 4) is 0 Å². The molecule has 3 aromatic rings. The van der Waals surface area contributed by atoms with Crippen molar-refractivity contribution in [3.05, 3.63) is 65.1 Å². The number of hydrogen-bond donors (Lipinski definition) is 2. The molecule has 1 aromatic carbocycles.